The monoisotopic (exact) mass is 488 g/mol. The number of aliphatic carboxylic acids is 1. The number of carboxylic acids is 1. The van der Waals surface area contributed by atoms with Gasteiger partial charge in [0.05, 0.1) is 0 Å². The Morgan fingerprint density at radius 2 is 1.91 bits per heavy atom. The molecule has 174 valence electrons. The molecule has 3 rings (SSSR count). The molecule has 9 heteroatoms. The van der Waals surface area contributed by atoms with Gasteiger partial charge in [-0.2, -0.15) is 0 Å². The summed E-state index contributed by atoms with van der Waals surface area (Å²) in [5.41, 5.74) is 3.36. The minimum absolute atomic E-state index is 0.408. The molecule has 0 saturated heterocycles. The number of hydrogen-bond acceptors (Lipinski definition) is 6. The lowest BCUT2D eigenvalue weighted by molar-refractivity contribution is -0.136. The van der Waals surface area contributed by atoms with E-state index in [0.29, 0.717) is 39.9 Å². The molecule has 0 aliphatic rings. The number of rotatable bonds is 9. The number of benzene rings is 2. The molecule has 1 heterocycles. The Kier molecular flexibility index (Phi) is 8.41. The van der Waals surface area contributed by atoms with Crippen molar-refractivity contribution in [1.29, 1.82) is 0 Å². The molecule has 7 nitrogen and oxygen atoms in total. The smallest absolute Gasteiger partial charge is 0.412 e. The number of aromatic nitrogens is 1. The Morgan fingerprint density at radius 3 is 2.55 bits per heavy atom. The summed E-state index contributed by atoms with van der Waals surface area (Å²) in [6.07, 6.45) is -0.630. The molecule has 2 aromatic carbocycles. The maximum atomic E-state index is 12.5. The Hall–Kier alpha value is -2.97. The summed E-state index contributed by atoms with van der Waals surface area (Å²) < 4.78 is 10.9. The number of nitrogens with one attached hydrogen (secondary N) is 1. The summed E-state index contributed by atoms with van der Waals surface area (Å²) in [5.74, 6) is 0.187. The van der Waals surface area contributed by atoms with Crippen LogP contribution >= 0.6 is 23.4 Å². The average molecular weight is 489 g/mol. The molecule has 0 bridgehead atoms. The highest BCUT2D eigenvalue weighted by Gasteiger charge is 2.21. The molecule has 0 spiro atoms. The third-order valence-corrected chi connectivity index (χ3v) is 6.81. The predicted octanol–water partition coefficient (Wildman–Crippen LogP) is 6.71. The van der Waals surface area contributed by atoms with Gasteiger partial charge in [0.25, 0.3) is 0 Å². The molecular weight excluding hydrogens is 464 g/mol. The van der Waals surface area contributed by atoms with E-state index in [1.54, 1.807) is 26.0 Å². The Labute approximate surface area is 201 Å². The summed E-state index contributed by atoms with van der Waals surface area (Å²) in [7, 11) is 0. The number of carbonyl (C=O) groups excluding carboxylic acids is 1. The van der Waals surface area contributed by atoms with Crippen molar-refractivity contribution in [2.75, 3.05) is 5.32 Å². The van der Waals surface area contributed by atoms with Crippen LogP contribution in [0.5, 0.6) is 0 Å². The highest BCUT2D eigenvalue weighted by atomic mass is 35.5. The molecule has 0 fully saturated rings. The van der Waals surface area contributed by atoms with E-state index in [4.69, 9.17) is 20.9 Å². The molecule has 0 aliphatic heterocycles. The van der Waals surface area contributed by atoms with E-state index in [0.717, 1.165) is 11.1 Å². The average Bonchev–Trinajstić information content (AvgIpc) is 3.14. The number of amides is 1. The number of carbonyl (C=O) groups is 2. The molecule has 0 radical (unpaired) electrons. The van der Waals surface area contributed by atoms with Crippen molar-refractivity contribution in [2.24, 2.45) is 0 Å². The first-order chi connectivity index (χ1) is 15.8. The molecular formula is C24H25ClN2O5S. The molecule has 2 N–H and O–H groups in total. The van der Waals surface area contributed by atoms with Crippen molar-refractivity contribution in [3.63, 3.8) is 0 Å². The quantitative estimate of drug-likeness (QED) is 0.345. The van der Waals surface area contributed by atoms with Gasteiger partial charge in [-0.15, -0.1) is 11.8 Å². The van der Waals surface area contributed by atoms with Crippen LogP contribution in [0.1, 0.15) is 43.2 Å². The van der Waals surface area contributed by atoms with E-state index < -0.39 is 23.4 Å². The molecule has 0 saturated carbocycles. The van der Waals surface area contributed by atoms with Crippen LogP contribution in [0, 0.1) is 6.92 Å². The fraction of sp³-hybridized carbons (Fsp3) is 0.292. The number of nitrogens with zero attached hydrogens (tertiary/aromatic N) is 1. The zero-order valence-electron chi connectivity index (χ0n) is 18.5. The second-order valence-electron chi connectivity index (χ2n) is 7.41. The fourth-order valence-electron chi connectivity index (χ4n) is 3.19. The summed E-state index contributed by atoms with van der Waals surface area (Å²) in [6.45, 7) is 5.32. The van der Waals surface area contributed by atoms with Gasteiger partial charge in [-0.1, -0.05) is 66.1 Å². The second-order valence-corrected chi connectivity index (χ2v) is 9.01. The number of thioether (sulfide) groups is 1. The topological polar surface area (TPSA) is 102 Å². The third kappa shape index (κ3) is 6.30. The highest BCUT2D eigenvalue weighted by molar-refractivity contribution is 7.99. The van der Waals surface area contributed by atoms with E-state index in [-0.39, 0.29) is 0 Å². The Balaban J connectivity index is 1.68. The van der Waals surface area contributed by atoms with Crippen molar-refractivity contribution in [1.82, 2.24) is 5.16 Å². The van der Waals surface area contributed by atoms with Crippen LogP contribution in [0.15, 0.2) is 53.1 Å². The third-order valence-electron chi connectivity index (χ3n) is 5.03. The first-order valence-corrected chi connectivity index (χ1v) is 11.8. The minimum Gasteiger partial charge on any atom is -0.480 e. The maximum absolute atomic E-state index is 12.5. The zero-order valence-corrected chi connectivity index (χ0v) is 20.1. The number of carboxylic acid groups (broad SMARTS) is 1. The van der Waals surface area contributed by atoms with Gasteiger partial charge in [0.15, 0.2) is 5.76 Å². The van der Waals surface area contributed by atoms with Crippen molar-refractivity contribution in [2.45, 2.75) is 44.3 Å². The van der Waals surface area contributed by atoms with Crippen LogP contribution in [0.2, 0.25) is 5.02 Å². The van der Waals surface area contributed by atoms with Gasteiger partial charge in [0.1, 0.15) is 22.7 Å². The summed E-state index contributed by atoms with van der Waals surface area (Å²) in [6, 6.07) is 14.7. The minimum atomic E-state index is -0.803. The van der Waals surface area contributed by atoms with Crippen LogP contribution in [-0.4, -0.2) is 27.6 Å². The summed E-state index contributed by atoms with van der Waals surface area (Å²) in [5, 5.41) is 16.0. The van der Waals surface area contributed by atoms with E-state index in [1.165, 1.54) is 11.8 Å². The van der Waals surface area contributed by atoms with Gasteiger partial charge in [0.2, 0.25) is 0 Å². The van der Waals surface area contributed by atoms with Crippen LogP contribution in [0.3, 0.4) is 0 Å². The standard InChI is InChI=1S/C24H25ClN2O5S/c1-4-20(23(28)29)33-13-16-9-11-17(12-10-16)22-21(14(2)27-32-22)26-24(30)31-15(3)18-7-5-6-8-19(18)25/h5-12,15,20H,4,13H2,1-3H3,(H,26,30)(H,28,29). The van der Waals surface area contributed by atoms with Crippen LogP contribution in [0.4, 0.5) is 10.5 Å². The highest BCUT2D eigenvalue weighted by Crippen LogP contribution is 2.33. The van der Waals surface area contributed by atoms with Crippen molar-refractivity contribution >= 4 is 41.1 Å². The zero-order chi connectivity index (χ0) is 24.0. The van der Waals surface area contributed by atoms with Crippen molar-refractivity contribution in [3.05, 3.63) is 70.4 Å². The first-order valence-electron chi connectivity index (χ1n) is 10.4. The fourth-order valence-corrected chi connectivity index (χ4v) is 4.44. The lowest BCUT2D eigenvalue weighted by Gasteiger charge is -2.15. The van der Waals surface area contributed by atoms with Gasteiger partial charge < -0.3 is 14.4 Å². The lowest BCUT2D eigenvalue weighted by atomic mass is 10.1. The number of anilines is 1. The largest absolute Gasteiger partial charge is 0.480 e. The Morgan fingerprint density at radius 1 is 1.21 bits per heavy atom. The number of ether oxygens (including phenoxy) is 1. The summed E-state index contributed by atoms with van der Waals surface area (Å²) in [4.78, 5) is 23.7. The van der Waals surface area contributed by atoms with Crippen molar-refractivity contribution in [3.8, 4) is 11.3 Å². The van der Waals surface area contributed by atoms with E-state index >= 15 is 0 Å². The molecule has 3 aromatic rings. The van der Waals surface area contributed by atoms with Crippen molar-refractivity contribution < 1.29 is 24.0 Å². The molecule has 1 aromatic heterocycles. The number of aryl methyl sites for hydroxylation is 1. The van der Waals surface area contributed by atoms with Gasteiger partial charge in [-0.3, -0.25) is 10.1 Å². The van der Waals surface area contributed by atoms with Crippen LogP contribution in [-0.2, 0) is 15.3 Å². The first kappa shape index (κ1) is 24.7. The van der Waals surface area contributed by atoms with Crippen LogP contribution < -0.4 is 5.32 Å². The van der Waals surface area contributed by atoms with E-state index in [1.807, 2.05) is 43.3 Å². The molecule has 0 aliphatic carbocycles. The molecule has 1 amide bonds. The van der Waals surface area contributed by atoms with E-state index in [9.17, 15) is 14.7 Å². The van der Waals surface area contributed by atoms with Gasteiger partial charge >= 0.3 is 12.1 Å². The number of hydrogen-bond donors (Lipinski definition) is 2. The molecule has 2 unspecified atom stereocenters. The van der Waals surface area contributed by atoms with Crippen LogP contribution in [0.25, 0.3) is 11.3 Å². The second kappa shape index (κ2) is 11.2. The normalized spacial score (nSPS) is 12.7. The van der Waals surface area contributed by atoms with Gasteiger partial charge in [-0.05, 0) is 31.9 Å². The lowest BCUT2D eigenvalue weighted by Crippen LogP contribution is -2.17. The molecule has 2 atom stereocenters. The maximum Gasteiger partial charge on any atom is 0.412 e. The van der Waals surface area contributed by atoms with E-state index in [2.05, 4.69) is 10.5 Å². The van der Waals surface area contributed by atoms with Gasteiger partial charge in [-0.25, -0.2) is 4.79 Å². The summed E-state index contributed by atoms with van der Waals surface area (Å²) >= 11 is 7.57. The SMILES string of the molecule is CCC(SCc1ccc(-c2onc(C)c2NC(=O)OC(C)c2ccccc2Cl)cc1)C(=O)O. The molecule has 33 heavy (non-hydrogen) atoms. The Bertz CT molecular complexity index is 1120. The van der Waals surface area contributed by atoms with Gasteiger partial charge in [0, 0.05) is 21.9 Å². The number of halogens is 1. The predicted molar refractivity (Wildman–Crippen MR) is 130 cm³/mol.